The molecule has 1 saturated heterocycles. The van der Waals surface area contributed by atoms with Crippen LogP contribution in [-0.2, 0) is 27.6 Å². The molecule has 3 aromatic rings. The van der Waals surface area contributed by atoms with Gasteiger partial charge in [0.15, 0.2) is 9.84 Å². The summed E-state index contributed by atoms with van der Waals surface area (Å²) in [6.07, 6.45) is 0.615. The molecule has 0 aliphatic carbocycles. The second kappa shape index (κ2) is 7.92. The molecule has 164 valence electrons. The van der Waals surface area contributed by atoms with Crippen LogP contribution in [0.15, 0.2) is 29.1 Å². The van der Waals surface area contributed by atoms with Gasteiger partial charge in [-0.15, -0.1) is 0 Å². The van der Waals surface area contributed by atoms with Crippen LogP contribution in [0.4, 0.5) is 0 Å². The first kappa shape index (κ1) is 21.2. The number of rotatable bonds is 5. The Labute approximate surface area is 180 Å². The normalized spacial score (nSPS) is 17.8. The van der Waals surface area contributed by atoms with Gasteiger partial charge in [0, 0.05) is 30.2 Å². The van der Waals surface area contributed by atoms with Gasteiger partial charge in [-0.05, 0) is 26.3 Å². The van der Waals surface area contributed by atoms with Crippen molar-refractivity contribution in [2.45, 2.75) is 39.3 Å². The lowest BCUT2D eigenvalue weighted by molar-refractivity contribution is -0.129. The number of nitrogens with zero attached hydrogens (tertiary/aromatic N) is 4. The lowest BCUT2D eigenvalue weighted by Crippen LogP contribution is -2.29. The maximum atomic E-state index is 12.9. The third-order valence-electron chi connectivity index (χ3n) is 5.94. The number of aromatic amines is 1. The number of hydrogen-bond donors (Lipinski definition) is 1. The van der Waals surface area contributed by atoms with Crippen LogP contribution in [0, 0.1) is 13.8 Å². The number of carbonyl (C=O) groups is 1. The molecule has 1 atom stereocenters. The molecule has 31 heavy (non-hydrogen) atoms. The Kier molecular flexibility index (Phi) is 5.42. The first-order valence-electron chi connectivity index (χ1n) is 10.1. The van der Waals surface area contributed by atoms with Crippen molar-refractivity contribution in [1.29, 1.82) is 0 Å². The van der Waals surface area contributed by atoms with Gasteiger partial charge >= 0.3 is 0 Å². The van der Waals surface area contributed by atoms with Crippen LogP contribution in [0.2, 0.25) is 0 Å². The Morgan fingerprint density at radius 1 is 1.26 bits per heavy atom. The highest BCUT2D eigenvalue weighted by atomic mass is 32.2. The number of fused-ring (bicyclic) bond motifs is 1. The van der Waals surface area contributed by atoms with Crippen molar-refractivity contribution in [3.05, 3.63) is 57.3 Å². The number of amides is 1. The van der Waals surface area contributed by atoms with E-state index >= 15 is 0 Å². The van der Waals surface area contributed by atoms with Crippen LogP contribution < -0.4 is 5.56 Å². The molecular weight excluding hydrogens is 418 g/mol. The lowest BCUT2D eigenvalue weighted by Gasteiger charge is -2.18. The second-order valence-corrected chi connectivity index (χ2v) is 10.4. The number of H-pyrrole nitrogens is 1. The van der Waals surface area contributed by atoms with E-state index in [0.717, 1.165) is 17.0 Å². The largest absolute Gasteiger partial charge is 0.341 e. The molecule has 1 aliphatic rings. The fourth-order valence-corrected chi connectivity index (χ4v) is 5.85. The second-order valence-electron chi connectivity index (χ2n) is 8.12. The highest BCUT2D eigenvalue weighted by molar-refractivity contribution is 7.91. The van der Waals surface area contributed by atoms with E-state index in [1.54, 1.807) is 34.8 Å². The molecule has 1 aliphatic heterocycles. The van der Waals surface area contributed by atoms with E-state index in [0.29, 0.717) is 29.4 Å². The zero-order valence-corrected chi connectivity index (χ0v) is 18.6. The number of likely N-dealkylation sites (N-methyl/N-ethyl adjacent to an activating group) is 1. The molecule has 1 N–H and O–H groups in total. The summed E-state index contributed by atoms with van der Waals surface area (Å²) in [4.78, 5) is 26.5. The summed E-state index contributed by atoms with van der Waals surface area (Å²) in [5.74, 6) is 0.150. The molecule has 4 rings (SSSR count). The van der Waals surface area contributed by atoms with Gasteiger partial charge in [0.2, 0.25) is 5.91 Å². The highest BCUT2D eigenvalue weighted by Crippen LogP contribution is 2.27. The zero-order valence-electron chi connectivity index (χ0n) is 17.8. The number of hydrogen-bond acceptors (Lipinski definition) is 6. The fourth-order valence-electron chi connectivity index (χ4n) is 4.16. The Balaban J connectivity index is 1.53. The number of nitrogens with one attached hydrogen (secondary N) is 1. The number of benzene rings is 1. The van der Waals surface area contributed by atoms with E-state index in [2.05, 4.69) is 15.3 Å². The standard InChI is InChI=1S/C21H25N5O4S/c1-13-18(14(2)26(24-13)15-8-9-31(29,30)12-15)11-25(3)20(27)10-19-16-6-4-5-7-17(16)21(28)23-22-19/h4-7,15H,8-12H2,1-3H3,(H,23,28)/t15-/m1/s1. The van der Waals surface area contributed by atoms with Crippen molar-refractivity contribution in [3.8, 4) is 0 Å². The maximum absolute atomic E-state index is 12.9. The topological polar surface area (TPSA) is 118 Å². The van der Waals surface area contributed by atoms with Gasteiger partial charge in [-0.25, -0.2) is 13.5 Å². The Morgan fingerprint density at radius 2 is 1.97 bits per heavy atom. The van der Waals surface area contributed by atoms with Crippen LogP contribution in [0.1, 0.15) is 35.1 Å². The van der Waals surface area contributed by atoms with Crippen molar-refractivity contribution in [1.82, 2.24) is 24.9 Å². The Hall–Kier alpha value is -3.01. The first-order valence-corrected chi connectivity index (χ1v) is 11.9. The van der Waals surface area contributed by atoms with Crippen molar-refractivity contribution in [2.75, 3.05) is 18.6 Å². The number of aryl methyl sites for hydroxylation is 1. The predicted octanol–water partition coefficient (Wildman–Crippen LogP) is 1.30. The number of carbonyl (C=O) groups excluding carboxylic acids is 1. The summed E-state index contributed by atoms with van der Waals surface area (Å²) >= 11 is 0. The molecule has 9 nitrogen and oxygen atoms in total. The molecule has 1 aromatic carbocycles. The minimum absolute atomic E-state index is 0.0564. The summed E-state index contributed by atoms with van der Waals surface area (Å²) in [5.41, 5.74) is 2.82. The lowest BCUT2D eigenvalue weighted by atomic mass is 10.1. The average Bonchev–Trinajstić information content (AvgIpc) is 3.23. The van der Waals surface area contributed by atoms with Crippen molar-refractivity contribution < 1.29 is 13.2 Å². The minimum Gasteiger partial charge on any atom is -0.341 e. The van der Waals surface area contributed by atoms with E-state index in [4.69, 9.17) is 0 Å². The smallest absolute Gasteiger partial charge is 0.272 e. The van der Waals surface area contributed by atoms with Gasteiger partial charge in [-0.2, -0.15) is 10.2 Å². The molecule has 10 heteroatoms. The van der Waals surface area contributed by atoms with Crippen LogP contribution in [0.5, 0.6) is 0 Å². The van der Waals surface area contributed by atoms with Crippen LogP contribution in [-0.4, -0.2) is 57.8 Å². The van der Waals surface area contributed by atoms with Crippen molar-refractivity contribution >= 4 is 26.5 Å². The highest BCUT2D eigenvalue weighted by Gasteiger charge is 2.31. The van der Waals surface area contributed by atoms with Gasteiger partial charge in [0.05, 0.1) is 40.7 Å². The molecule has 0 spiro atoms. The van der Waals surface area contributed by atoms with E-state index in [1.165, 1.54) is 0 Å². The first-order chi connectivity index (χ1) is 14.7. The zero-order chi connectivity index (χ0) is 22.3. The van der Waals surface area contributed by atoms with Gasteiger partial charge in [-0.3, -0.25) is 14.3 Å². The minimum atomic E-state index is -3.01. The van der Waals surface area contributed by atoms with Crippen molar-refractivity contribution in [2.24, 2.45) is 0 Å². The molecular formula is C21H25N5O4S. The van der Waals surface area contributed by atoms with Gasteiger partial charge in [0.1, 0.15) is 0 Å². The van der Waals surface area contributed by atoms with Gasteiger partial charge in [0.25, 0.3) is 5.56 Å². The monoisotopic (exact) mass is 443 g/mol. The number of sulfone groups is 1. The summed E-state index contributed by atoms with van der Waals surface area (Å²) < 4.78 is 25.5. The number of aromatic nitrogens is 4. The molecule has 0 bridgehead atoms. The summed E-state index contributed by atoms with van der Waals surface area (Å²) in [6, 6.07) is 6.92. The third-order valence-corrected chi connectivity index (χ3v) is 7.69. The molecule has 3 heterocycles. The molecule has 2 aromatic heterocycles. The van der Waals surface area contributed by atoms with Crippen LogP contribution >= 0.6 is 0 Å². The molecule has 0 unspecified atom stereocenters. The molecule has 1 fully saturated rings. The summed E-state index contributed by atoms with van der Waals surface area (Å²) in [6.45, 7) is 4.14. The van der Waals surface area contributed by atoms with E-state index in [1.807, 2.05) is 19.9 Å². The van der Waals surface area contributed by atoms with E-state index in [-0.39, 0.29) is 35.4 Å². The molecule has 0 radical (unpaired) electrons. The van der Waals surface area contributed by atoms with Gasteiger partial charge < -0.3 is 4.90 Å². The molecule has 0 saturated carbocycles. The third kappa shape index (κ3) is 4.12. The SMILES string of the molecule is Cc1nn([C@@H]2CCS(=O)(=O)C2)c(C)c1CN(C)C(=O)Cc1n[nH]c(=O)c2ccccc12. The van der Waals surface area contributed by atoms with E-state index in [9.17, 15) is 18.0 Å². The summed E-state index contributed by atoms with van der Waals surface area (Å²) in [7, 11) is -1.30. The predicted molar refractivity (Wildman–Crippen MR) is 117 cm³/mol. The fraction of sp³-hybridized carbons (Fsp3) is 0.429. The quantitative estimate of drug-likeness (QED) is 0.635. The average molecular weight is 444 g/mol. The van der Waals surface area contributed by atoms with E-state index < -0.39 is 9.84 Å². The Bertz CT molecular complexity index is 1330. The van der Waals surface area contributed by atoms with Crippen LogP contribution in [0.25, 0.3) is 10.8 Å². The summed E-state index contributed by atoms with van der Waals surface area (Å²) in [5, 5.41) is 12.3. The molecule has 1 amide bonds. The van der Waals surface area contributed by atoms with Crippen molar-refractivity contribution in [3.63, 3.8) is 0 Å². The van der Waals surface area contributed by atoms with Crippen LogP contribution in [0.3, 0.4) is 0 Å². The maximum Gasteiger partial charge on any atom is 0.272 e. The Morgan fingerprint density at radius 3 is 2.65 bits per heavy atom. The van der Waals surface area contributed by atoms with Gasteiger partial charge in [-0.1, -0.05) is 18.2 Å².